The van der Waals surface area contributed by atoms with Crippen molar-refractivity contribution < 1.29 is 4.79 Å². The van der Waals surface area contributed by atoms with Gasteiger partial charge in [-0.1, -0.05) is 18.2 Å². The molecule has 1 N–H and O–H groups in total. The normalized spacial score (nSPS) is 21.0. The molecule has 0 saturated carbocycles. The monoisotopic (exact) mass is 296 g/mol. The lowest BCUT2D eigenvalue weighted by atomic mass is 10.0. The molecular formula is C17H20N4O. The highest BCUT2D eigenvalue weighted by molar-refractivity contribution is 5.93. The molecule has 1 aromatic carbocycles. The molecule has 4 rings (SSSR count). The largest absolute Gasteiger partial charge is 0.324 e. The van der Waals surface area contributed by atoms with E-state index in [4.69, 9.17) is 0 Å². The second-order valence-corrected chi connectivity index (χ2v) is 6.13. The number of amides is 2. The topological polar surface area (TPSA) is 52.2 Å². The Morgan fingerprint density at radius 3 is 3.05 bits per heavy atom. The van der Waals surface area contributed by atoms with Crippen molar-refractivity contribution in [3.8, 4) is 0 Å². The van der Waals surface area contributed by atoms with E-state index < -0.39 is 0 Å². The number of aromatic amines is 1. The lowest BCUT2D eigenvalue weighted by molar-refractivity contribution is 0.214. The maximum absolute atomic E-state index is 12.9. The maximum Gasteiger partial charge on any atom is 0.324 e. The molecule has 0 bridgehead atoms. The van der Waals surface area contributed by atoms with Crippen LogP contribution in [0.15, 0.2) is 36.7 Å². The number of hydrogen-bond donors (Lipinski definition) is 1. The van der Waals surface area contributed by atoms with Crippen molar-refractivity contribution in [3.05, 3.63) is 47.8 Å². The Bertz CT molecular complexity index is 667. The van der Waals surface area contributed by atoms with Crippen molar-refractivity contribution in [3.63, 3.8) is 0 Å². The minimum Gasteiger partial charge on any atom is -0.324 e. The first-order valence-electron chi connectivity index (χ1n) is 7.96. The Morgan fingerprint density at radius 1 is 1.27 bits per heavy atom. The standard InChI is InChI=1S/C17H20N4O/c22-17(20-9-7-14(12-20)15-10-18-19-11-15)21-8-3-5-13-4-1-2-6-16(13)21/h1-2,4,6,10-11,14H,3,5,7-9,12H2,(H,18,19). The average molecular weight is 296 g/mol. The molecule has 3 heterocycles. The molecule has 0 spiro atoms. The molecule has 1 aromatic heterocycles. The van der Waals surface area contributed by atoms with Crippen LogP contribution in [0.2, 0.25) is 0 Å². The Hall–Kier alpha value is -2.30. The van der Waals surface area contributed by atoms with Crippen LogP contribution in [0.4, 0.5) is 10.5 Å². The van der Waals surface area contributed by atoms with Crippen LogP contribution in [-0.4, -0.2) is 40.8 Å². The van der Waals surface area contributed by atoms with Crippen LogP contribution in [0.1, 0.15) is 29.9 Å². The highest BCUT2D eigenvalue weighted by Crippen LogP contribution is 2.31. The van der Waals surface area contributed by atoms with E-state index in [1.165, 1.54) is 11.1 Å². The minimum atomic E-state index is 0.151. The van der Waals surface area contributed by atoms with E-state index in [1.807, 2.05) is 28.3 Å². The van der Waals surface area contributed by atoms with Gasteiger partial charge in [0.05, 0.1) is 6.20 Å². The Kier molecular flexibility index (Phi) is 3.33. The first-order chi connectivity index (χ1) is 10.8. The zero-order valence-electron chi connectivity index (χ0n) is 12.5. The summed E-state index contributed by atoms with van der Waals surface area (Å²) in [5.41, 5.74) is 3.58. The predicted octanol–water partition coefficient (Wildman–Crippen LogP) is 2.77. The van der Waals surface area contributed by atoms with E-state index >= 15 is 0 Å². The molecule has 2 aliphatic rings. The number of aromatic nitrogens is 2. The van der Waals surface area contributed by atoms with Crippen LogP contribution >= 0.6 is 0 Å². The highest BCUT2D eigenvalue weighted by atomic mass is 16.2. The smallest absolute Gasteiger partial charge is 0.324 e. The van der Waals surface area contributed by atoms with E-state index in [2.05, 4.69) is 28.4 Å². The molecule has 22 heavy (non-hydrogen) atoms. The number of nitrogens with zero attached hydrogens (tertiary/aromatic N) is 3. The van der Waals surface area contributed by atoms with Crippen LogP contribution < -0.4 is 4.90 Å². The number of H-pyrrole nitrogens is 1. The van der Waals surface area contributed by atoms with Gasteiger partial charge in [-0.15, -0.1) is 0 Å². The molecule has 2 amide bonds. The first kappa shape index (κ1) is 13.4. The number of benzene rings is 1. The molecule has 0 radical (unpaired) electrons. The van der Waals surface area contributed by atoms with Crippen LogP contribution in [0.25, 0.3) is 0 Å². The van der Waals surface area contributed by atoms with Gasteiger partial charge >= 0.3 is 6.03 Å². The summed E-state index contributed by atoms with van der Waals surface area (Å²) in [7, 11) is 0. The van der Waals surface area contributed by atoms with Gasteiger partial charge in [-0.25, -0.2) is 4.79 Å². The number of likely N-dealkylation sites (tertiary alicyclic amines) is 1. The summed E-state index contributed by atoms with van der Waals surface area (Å²) in [6.45, 7) is 2.44. The number of para-hydroxylation sites is 1. The molecule has 1 unspecified atom stereocenters. The fourth-order valence-electron chi connectivity index (χ4n) is 3.59. The zero-order chi connectivity index (χ0) is 14.9. The molecule has 0 aliphatic carbocycles. The van der Waals surface area contributed by atoms with Gasteiger partial charge in [-0.2, -0.15) is 5.10 Å². The van der Waals surface area contributed by atoms with Gasteiger partial charge in [0.2, 0.25) is 0 Å². The third kappa shape index (κ3) is 2.26. The van der Waals surface area contributed by atoms with E-state index in [0.717, 1.165) is 44.6 Å². The third-order valence-corrected chi connectivity index (χ3v) is 4.79. The van der Waals surface area contributed by atoms with Crippen LogP contribution in [-0.2, 0) is 6.42 Å². The number of carbonyl (C=O) groups excluding carboxylic acids is 1. The van der Waals surface area contributed by atoms with Gasteiger partial charge in [0.15, 0.2) is 0 Å². The van der Waals surface area contributed by atoms with Crippen LogP contribution in [0, 0.1) is 0 Å². The second kappa shape index (κ2) is 5.48. The lowest BCUT2D eigenvalue weighted by Gasteiger charge is -2.32. The quantitative estimate of drug-likeness (QED) is 0.879. The number of carbonyl (C=O) groups is 1. The third-order valence-electron chi connectivity index (χ3n) is 4.79. The van der Waals surface area contributed by atoms with Crippen molar-refractivity contribution >= 4 is 11.7 Å². The molecule has 1 atom stereocenters. The van der Waals surface area contributed by atoms with Crippen molar-refractivity contribution in [2.75, 3.05) is 24.5 Å². The summed E-state index contributed by atoms with van der Waals surface area (Å²) < 4.78 is 0. The summed E-state index contributed by atoms with van der Waals surface area (Å²) in [6, 6.07) is 8.42. The van der Waals surface area contributed by atoms with Crippen molar-refractivity contribution in [2.45, 2.75) is 25.2 Å². The van der Waals surface area contributed by atoms with Crippen molar-refractivity contribution in [2.24, 2.45) is 0 Å². The Labute approximate surface area is 129 Å². The fraction of sp³-hybridized carbons (Fsp3) is 0.412. The minimum absolute atomic E-state index is 0.151. The number of urea groups is 1. The van der Waals surface area contributed by atoms with E-state index in [1.54, 1.807) is 0 Å². The number of anilines is 1. The number of hydrogen-bond acceptors (Lipinski definition) is 2. The lowest BCUT2D eigenvalue weighted by Crippen LogP contribution is -2.44. The number of nitrogens with one attached hydrogen (secondary N) is 1. The van der Waals surface area contributed by atoms with Crippen LogP contribution in [0.3, 0.4) is 0 Å². The number of rotatable bonds is 1. The molecular weight excluding hydrogens is 276 g/mol. The summed E-state index contributed by atoms with van der Waals surface area (Å²) in [5.74, 6) is 0.405. The van der Waals surface area contributed by atoms with Crippen molar-refractivity contribution in [1.29, 1.82) is 0 Å². The molecule has 2 aromatic rings. The molecule has 1 saturated heterocycles. The number of aryl methyl sites for hydroxylation is 1. The second-order valence-electron chi connectivity index (χ2n) is 6.13. The van der Waals surface area contributed by atoms with Gasteiger partial charge in [-0.05, 0) is 36.5 Å². The van der Waals surface area contributed by atoms with E-state index in [-0.39, 0.29) is 6.03 Å². The summed E-state index contributed by atoms with van der Waals surface area (Å²) in [4.78, 5) is 16.8. The zero-order valence-corrected chi connectivity index (χ0v) is 12.5. The molecule has 5 heteroatoms. The molecule has 114 valence electrons. The fourth-order valence-corrected chi connectivity index (χ4v) is 3.59. The summed E-state index contributed by atoms with van der Waals surface area (Å²) in [5, 5.41) is 6.88. The SMILES string of the molecule is O=C(N1CCC(c2cn[nH]c2)C1)N1CCCc2ccccc21. The van der Waals surface area contributed by atoms with E-state index in [0.29, 0.717) is 5.92 Å². The van der Waals surface area contributed by atoms with E-state index in [9.17, 15) is 4.79 Å². The van der Waals surface area contributed by atoms with Gasteiger partial charge in [-0.3, -0.25) is 10.00 Å². The molecule has 2 aliphatic heterocycles. The number of fused-ring (bicyclic) bond motifs is 1. The first-order valence-corrected chi connectivity index (χ1v) is 7.96. The van der Waals surface area contributed by atoms with Gasteiger partial charge in [0.1, 0.15) is 0 Å². The Balaban J connectivity index is 1.51. The van der Waals surface area contributed by atoms with Gasteiger partial charge < -0.3 is 4.90 Å². The predicted molar refractivity (Wildman–Crippen MR) is 85.0 cm³/mol. The van der Waals surface area contributed by atoms with Crippen molar-refractivity contribution in [1.82, 2.24) is 15.1 Å². The summed E-state index contributed by atoms with van der Waals surface area (Å²) in [6.07, 6.45) is 6.93. The summed E-state index contributed by atoms with van der Waals surface area (Å²) >= 11 is 0. The van der Waals surface area contributed by atoms with Crippen LogP contribution in [0.5, 0.6) is 0 Å². The molecule has 1 fully saturated rings. The van der Waals surface area contributed by atoms with Gasteiger partial charge in [0, 0.05) is 37.4 Å². The molecule has 5 nitrogen and oxygen atoms in total. The average Bonchev–Trinajstić information content (AvgIpc) is 3.24. The maximum atomic E-state index is 12.9. The van der Waals surface area contributed by atoms with Gasteiger partial charge in [0.25, 0.3) is 0 Å². The Morgan fingerprint density at radius 2 is 2.18 bits per heavy atom. The highest BCUT2D eigenvalue weighted by Gasteiger charge is 2.32.